The first-order valence-electron chi connectivity index (χ1n) is 10.0. The minimum absolute atomic E-state index is 0.0216. The van der Waals surface area contributed by atoms with Crippen LogP contribution in [0.2, 0.25) is 0 Å². The van der Waals surface area contributed by atoms with Gasteiger partial charge in [0.15, 0.2) is 0 Å². The zero-order chi connectivity index (χ0) is 20.8. The largest absolute Gasteiger partial charge is 0.489 e. The number of amides is 2. The van der Waals surface area contributed by atoms with Gasteiger partial charge in [-0.05, 0) is 42.7 Å². The zero-order valence-electron chi connectivity index (χ0n) is 17.2. The van der Waals surface area contributed by atoms with Gasteiger partial charge in [0.2, 0.25) is 0 Å². The predicted molar refractivity (Wildman–Crippen MR) is 112 cm³/mol. The molecule has 1 heterocycles. The number of anilines is 1. The summed E-state index contributed by atoms with van der Waals surface area (Å²) in [5, 5.41) is 0. The molecule has 1 atom stereocenters. The van der Waals surface area contributed by atoms with Gasteiger partial charge in [0.25, 0.3) is 0 Å². The van der Waals surface area contributed by atoms with Gasteiger partial charge in [-0.1, -0.05) is 44.2 Å². The number of hydrogen-bond acceptors (Lipinski definition) is 4. The predicted octanol–water partition coefficient (Wildman–Crippen LogP) is 4.10. The van der Waals surface area contributed by atoms with E-state index in [9.17, 15) is 9.59 Å². The average Bonchev–Trinajstić information content (AvgIpc) is 3.09. The number of hydrogen-bond donors (Lipinski definition) is 0. The molecule has 0 N–H and O–H groups in total. The van der Waals surface area contributed by atoms with E-state index in [-0.39, 0.29) is 17.9 Å². The highest BCUT2D eigenvalue weighted by molar-refractivity contribution is 5.96. The zero-order valence-corrected chi connectivity index (χ0v) is 17.2. The smallest absolute Gasteiger partial charge is 0.329 e. The molecule has 1 aliphatic heterocycles. The van der Waals surface area contributed by atoms with Crippen molar-refractivity contribution in [3.63, 3.8) is 0 Å². The van der Waals surface area contributed by atoms with Crippen molar-refractivity contribution < 1.29 is 19.1 Å². The molecular formula is C23H28N2O4. The lowest BCUT2D eigenvalue weighted by atomic mass is 10.0. The second-order valence-electron chi connectivity index (χ2n) is 7.34. The van der Waals surface area contributed by atoms with Crippen LogP contribution in [0.5, 0.6) is 5.75 Å². The first-order chi connectivity index (χ1) is 14.0. The lowest BCUT2D eigenvalue weighted by Crippen LogP contribution is -2.47. The van der Waals surface area contributed by atoms with Gasteiger partial charge in [-0.3, -0.25) is 4.90 Å². The summed E-state index contributed by atoms with van der Waals surface area (Å²) < 4.78 is 11.0. The molecule has 3 rings (SSSR count). The summed E-state index contributed by atoms with van der Waals surface area (Å²) in [4.78, 5) is 28.6. The molecule has 2 aromatic rings. The van der Waals surface area contributed by atoms with Crippen LogP contribution in [0.4, 0.5) is 10.5 Å². The Morgan fingerprint density at radius 3 is 2.34 bits per heavy atom. The van der Waals surface area contributed by atoms with Crippen molar-refractivity contribution >= 4 is 17.7 Å². The number of urea groups is 1. The van der Waals surface area contributed by atoms with Crippen LogP contribution in [-0.4, -0.2) is 42.6 Å². The third-order valence-electron chi connectivity index (χ3n) is 4.93. The summed E-state index contributed by atoms with van der Waals surface area (Å²) in [6.45, 7) is 7.45. The third kappa shape index (κ3) is 4.88. The Morgan fingerprint density at radius 1 is 1.03 bits per heavy atom. The van der Waals surface area contributed by atoms with E-state index in [4.69, 9.17) is 9.47 Å². The number of nitrogens with zero attached hydrogens (tertiary/aromatic N) is 2. The molecule has 0 radical (unpaired) electrons. The molecule has 154 valence electrons. The maximum absolute atomic E-state index is 13.0. The van der Waals surface area contributed by atoms with Crippen LogP contribution in [0.1, 0.15) is 26.3 Å². The van der Waals surface area contributed by atoms with Crippen LogP contribution >= 0.6 is 0 Å². The molecule has 1 aliphatic rings. The van der Waals surface area contributed by atoms with Crippen molar-refractivity contribution in [2.45, 2.75) is 33.4 Å². The maximum Gasteiger partial charge on any atom is 0.329 e. The highest BCUT2D eigenvalue weighted by Gasteiger charge is 2.40. The summed E-state index contributed by atoms with van der Waals surface area (Å²) >= 11 is 0. The molecule has 0 aliphatic carbocycles. The number of carbonyl (C=O) groups excluding carboxylic acids is 2. The highest BCUT2D eigenvalue weighted by atomic mass is 16.5. The van der Waals surface area contributed by atoms with E-state index in [0.717, 1.165) is 17.0 Å². The molecule has 1 saturated heterocycles. The van der Waals surface area contributed by atoms with Crippen molar-refractivity contribution in [1.82, 2.24) is 4.90 Å². The molecule has 1 unspecified atom stereocenters. The van der Waals surface area contributed by atoms with Crippen molar-refractivity contribution in [2.24, 2.45) is 5.92 Å². The van der Waals surface area contributed by atoms with Gasteiger partial charge in [0.05, 0.1) is 6.61 Å². The molecule has 1 fully saturated rings. The van der Waals surface area contributed by atoms with Crippen molar-refractivity contribution in [1.29, 1.82) is 0 Å². The van der Waals surface area contributed by atoms with E-state index in [1.54, 1.807) is 16.7 Å². The molecule has 0 aromatic heterocycles. The van der Waals surface area contributed by atoms with Gasteiger partial charge in [0, 0.05) is 18.8 Å². The fraction of sp³-hybridized carbons (Fsp3) is 0.391. The monoisotopic (exact) mass is 396 g/mol. The van der Waals surface area contributed by atoms with Gasteiger partial charge in [0.1, 0.15) is 18.4 Å². The normalized spacial score (nSPS) is 15.0. The summed E-state index contributed by atoms with van der Waals surface area (Å²) in [7, 11) is 0. The summed E-state index contributed by atoms with van der Waals surface area (Å²) in [5.74, 6) is 0.377. The molecule has 0 bridgehead atoms. The Labute approximate surface area is 172 Å². The number of benzene rings is 2. The topological polar surface area (TPSA) is 59.1 Å². The first kappa shape index (κ1) is 20.7. The van der Waals surface area contributed by atoms with Gasteiger partial charge < -0.3 is 14.4 Å². The van der Waals surface area contributed by atoms with E-state index in [1.807, 2.05) is 68.4 Å². The van der Waals surface area contributed by atoms with Crippen molar-refractivity contribution in [3.05, 3.63) is 60.2 Å². The Morgan fingerprint density at radius 2 is 1.72 bits per heavy atom. The van der Waals surface area contributed by atoms with Crippen LogP contribution in [0, 0.1) is 5.92 Å². The maximum atomic E-state index is 13.0. The van der Waals surface area contributed by atoms with Gasteiger partial charge >= 0.3 is 12.0 Å². The van der Waals surface area contributed by atoms with E-state index in [0.29, 0.717) is 26.3 Å². The van der Waals surface area contributed by atoms with E-state index in [1.165, 1.54) is 0 Å². The SMILES string of the molecule is CCOC(=O)C(C(C)C)N1CCN(c2ccc(OCc3ccccc3)cc2)C1=O. The Hall–Kier alpha value is -3.02. The van der Waals surface area contributed by atoms with Crippen LogP contribution in [0.15, 0.2) is 54.6 Å². The standard InChI is InChI=1S/C23H28N2O4/c1-4-28-22(26)21(17(2)3)25-15-14-24(23(25)27)19-10-12-20(13-11-19)29-16-18-8-6-5-7-9-18/h5-13,17,21H,4,14-16H2,1-3H3. The van der Waals surface area contributed by atoms with Gasteiger partial charge in [-0.2, -0.15) is 0 Å². The number of carbonyl (C=O) groups is 2. The Balaban J connectivity index is 1.65. The van der Waals surface area contributed by atoms with Crippen molar-refractivity contribution in [3.8, 4) is 5.75 Å². The molecule has 2 amide bonds. The Bertz CT molecular complexity index is 821. The van der Waals surface area contributed by atoms with Crippen LogP contribution in [-0.2, 0) is 16.1 Å². The lowest BCUT2D eigenvalue weighted by molar-refractivity contribution is -0.149. The first-order valence-corrected chi connectivity index (χ1v) is 10.0. The van der Waals surface area contributed by atoms with Crippen LogP contribution in [0.3, 0.4) is 0 Å². The molecule has 6 nitrogen and oxygen atoms in total. The molecule has 0 saturated carbocycles. The van der Waals surface area contributed by atoms with Crippen LogP contribution < -0.4 is 9.64 Å². The molecular weight excluding hydrogens is 368 g/mol. The highest BCUT2D eigenvalue weighted by Crippen LogP contribution is 2.26. The van der Waals surface area contributed by atoms with E-state index in [2.05, 4.69) is 0 Å². The summed E-state index contributed by atoms with van der Waals surface area (Å²) in [6.07, 6.45) is 0. The number of esters is 1. The molecule has 2 aromatic carbocycles. The fourth-order valence-corrected chi connectivity index (χ4v) is 3.50. The van der Waals surface area contributed by atoms with Crippen molar-refractivity contribution in [2.75, 3.05) is 24.6 Å². The average molecular weight is 396 g/mol. The Kier molecular flexibility index (Phi) is 6.75. The minimum Gasteiger partial charge on any atom is -0.489 e. The van der Waals surface area contributed by atoms with E-state index < -0.39 is 6.04 Å². The second-order valence-corrected chi connectivity index (χ2v) is 7.34. The molecule has 6 heteroatoms. The minimum atomic E-state index is -0.569. The fourth-order valence-electron chi connectivity index (χ4n) is 3.50. The van der Waals surface area contributed by atoms with Gasteiger partial charge in [-0.15, -0.1) is 0 Å². The summed E-state index contributed by atoms with van der Waals surface area (Å²) in [6, 6.07) is 16.7. The molecule has 29 heavy (non-hydrogen) atoms. The lowest BCUT2D eigenvalue weighted by Gasteiger charge is -2.29. The summed E-state index contributed by atoms with van der Waals surface area (Å²) in [5.41, 5.74) is 1.89. The quantitative estimate of drug-likeness (QED) is 0.631. The third-order valence-corrected chi connectivity index (χ3v) is 4.93. The number of ether oxygens (including phenoxy) is 2. The van der Waals surface area contributed by atoms with Crippen LogP contribution in [0.25, 0.3) is 0 Å². The van der Waals surface area contributed by atoms with Gasteiger partial charge in [-0.25, -0.2) is 9.59 Å². The number of rotatable bonds is 8. The second kappa shape index (κ2) is 9.45. The van der Waals surface area contributed by atoms with E-state index >= 15 is 0 Å². The molecule has 0 spiro atoms.